The molecule has 0 aromatic carbocycles. The van der Waals surface area contributed by atoms with Gasteiger partial charge >= 0.3 is 5.97 Å². The molecule has 1 aliphatic carbocycles. The van der Waals surface area contributed by atoms with E-state index in [0.29, 0.717) is 25.4 Å². The van der Waals surface area contributed by atoms with Gasteiger partial charge in [-0.15, -0.1) is 0 Å². The summed E-state index contributed by atoms with van der Waals surface area (Å²) in [7, 11) is 1.71. The SMILES string of the molecule is COCC1CCCCCC1OC(=O)CCCCCCC(C)=O. The van der Waals surface area contributed by atoms with Crippen LogP contribution in [0.1, 0.15) is 77.6 Å². The Labute approximate surface area is 134 Å². The molecule has 4 nitrogen and oxygen atoms in total. The summed E-state index contributed by atoms with van der Waals surface area (Å²) in [6.07, 6.45) is 10.6. The van der Waals surface area contributed by atoms with Crippen molar-refractivity contribution in [3.8, 4) is 0 Å². The van der Waals surface area contributed by atoms with Crippen LogP contribution in [0.3, 0.4) is 0 Å². The molecule has 0 bridgehead atoms. The normalized spacial score (nSPS) is 22.1. The van der Waals surface area contributed by atoms with Crippen LogP contribution < -0.4 is 0 Å². The van der Waals surface area contributed by atoms with E-state index in [1.165, 1.54) is 12.8 Å². The van der Waals surface area contributed by atoms with E-state index in [0.717, 1.165) is 44.9 Å². The molecule has 4 heteroatoms. The first-order valence-corrected chi connectivity index (χ1v) is 8.81. The molecule has 0 N–H and O–H groups in total. The van der Waals surface area contributed by atoms with E-state index in [1.807, 2.05) is 0 Å². The Bertz CT molecular complexity index is 327. The van der Waals surface area contributed by atoms with Crippen LogP contribution in [0.15, 0.2) is 0 Å². The standard InChI is InChI=1S/C18H32O4/c1-15(19)10-6-3-4-9-13-18(20)22-17-12-8-5-7-11-16(17)14-21-2/h16-17H,3-14H2,1-2H3. The van der Waals surface area contributed by atoms with E-state index in [4.69, 9.17) is 9.47 Å². The van der Waals surface area contributed by atoms with Crippen molar-refractivity contribution in [2.75, 3.05) is 13.7 Å². The second-order valence-corrected chi connectivity index (χ2v) is 6.50. The van der Waals surface area contributed by atoms with Gasteiger partial charge in [-0.2, -0.15) is 0 Å². The monoisotopic (exact) mass is 312 g/mol. The van der Waals surface area contributed by atoms with Gasteiger partial charge in [-0.1, -0.05) is 25.7 Å². The summed E-state index contributed by atoms with van der Waals surface area (Å²) >= 11 is 0. The predicted octanol–water partition coefficient (Wildman–Crippen LogP) is 4.05. The highest BCUT2D eigenvalue weighted by Gasteiger charge is 2.26. The van der Waals surface area contributed by atoms with E-state index in [2.05, 4.69) is 0 Å². The number of methoxy groups -OCH3 is 1. The van der Waals surface area contributed by atoms with Crippen molar-refractivity contribution in [3.05, 3.63) is 0 Å². The fourth-order valence-electron chi connectivity index (χ4n) is 3.13. The topological polar surface area (TPSA) is 52.6 Å². The number of esters is 1. The molecule has 1 fully saturated rings. The lowest BCUT2D eigenvalue weighted by Gasteiger charge is -2.24. The van der Waals surface area contributed by atoms with Crippen LogP contribution in [-0.4, -0.2) is 31.6 Å². The number of rotatable bonds is 10. The third kappa shape index (κ3) is 8.52. The summed E-state index contributed by atoms with van der Waals surface area (Å²) in [6, 6.07) is 0. The number of carbonyl (C=O) groups excluding carboxylic acids is 2. The predicted molar refractivity (Wildman–Crippen MR) is 86.7 cm³/mol. The molecule has 0 aliphatic heterocycles. The minimum Gasteiger partial charge on any atom is -0.462 e. The molecule has 0 amide bonds. The van der Waals surface area contributed by atoms with Gasteiger partial charge in [-0.25, -0.2) is 0 Å². The van der Waals surface area contributed by atoms with Crippen molar-refractivity contribution in [2.45, 2.75) is 83.7 Å². The van der Waals surface area contributed by atoms with Gasteiger partial charge in [0.25, 0.3) is 0 Å². The number of hydrogen-bond acceptors (Lipinski definition) is 4. The van der Waals surface area contributed by atoms with Crippen molar-refractivity contribution in [1.29, 1.82) is 0 Å². The Morgan fingerprint density at radius 1 is 0.955 bits per heavy atom. The quantitative estimate of drug-likeness (QED) is 0.347. The average molecular weight is 312 g/mol. The molecule has 1 aliphatic rings. The summed E-state index contributed by atoms with van der Waals surface area (Å²) in [6.45, 7) is 2.31. The zero-order valence-electron chi connectivity index (χ0n) is 14.3. The molecule has 2 unspecified atom stereocenters. The van der Waals surface area contributed by atoms with Crippen molar-refractivity contribution in [1.82, 2.24) is 0 Å². The molecule has 128 valence electrons. The van der Waals surface area contributed by atoms with Gasteiger partial charge in [0, 0.05) is 25.9 Å². The Hall–Kier alpha value is -0.900. The summed E-state index contributed by atoms with van der Waals surface area (Å²) in [5, 5.41) is 0. The van der Waals surface area contributed by atoms with Gasteiger partial charge in [0.15, 0.2) is 0 Å². The largest absolute Gasteiger partial charge is 0.462 e. The van der Waals surface area contributed by atoms with Gasteiger partial charge in [0.1, 0.15) is 11.9 Å². The summed E-state index contributed by atoms with van der Waals surface area (Å²) in [5.41, 5.74) is 0. The molecule has 0 saturated heterocycles. The minimum absolute atomic E-state index is 0.0349. The Morgan fingerprint density at radius 3 is 2.32 bits per heavy atom. The fourth-order valence-corrected chi connectivity index (χ4v) is 3.13. The average Bonchev–Trinajstić information content (AvgIpc) is 2.69. The van der Waals surface area contributed by atoms with E-state index in [-0.39, 0.29) is 17.9 Å². The minimum atomic E-state index is -0.0698. The maximum absolute atomic E-state index is 12.0. The number of carbonyl (C=O) groups is 2. The zero-order valence-corrected chi connectivity index (χ0v) is 14.3. The molecule has 0 aromatic heterocycles. The van der Waals surface area contributed by atoms with Crippen LogP contribution in [0.2, 0.25) is 0 Å². The number of ether oxygens (including phenoxy) is 2. The Balaban J connectivity index is 2.19. The van der Waals surface area contributed by atoms with Crippen LogP contribution >= 0.6 is 0 Å². The smallest absolute Gasteiger partial charge is 0.306 e. The van der Waals surface area contributed by atoms with Crippen molar-refractivity contribution in [2.24, 2.45) is 5.92 Å². The second kappa shape index (κ2) is 11.6. The van der Waals surface area contributed by atoms with E-state index < -0.39 is 0 Å². The number of unbranched alkanes of at least 4 members (excludes halogenated alkanes) is 3. The molecule has 0 aromatic rings. The highest BCUT2D eigenvalue weighted by Crippen LogP contribution is 2.26. The Morgan fingerprint density at radius 2 is 1.64 bits per heavy atom. The molecule has 0 spiro atoms. The molecular weight excluding hydrogens is 280 g/mol. The van der Waals surface area contributed by atoms with Crippen molar-refractivity contribution >= 4 is 11.8 Å². The molecule has 0 radical (unpaired) electrons. The van der Waals surface area contributed by atoms with Crippen molar-refractivity contribution < 1.29 is 19.1 Å². The molecule has 1 saturated carbocycles. The van der Waals surface area contributed by atoms with Crippen LogP contribution in [0.25, 0.3) is 0 Å². The molecule has 2 atom stereocenters. The van der Waals surface area contributed by atoms with Gasteiger partial charge in [-0.3, -0.25) is 4.79 Å². The van der Waals surface area contributed by atoms with E-state index in [1.54, 1.807) is 14.0 Å². The van der Waals surface area contributed by atoms with Crippen LogP contribution in [0.4, 0.5) is 0 Å². The number of hydrogen-bond donors (Lipinski definition) is 0. The third-order valence-corrected chi connectivity index (χ3v) is 4.41. The lowest BCUT2D eigenvalue weighted by molar-refractivity contribution is -0.153. The first kappa shape index (κ1) is 19.1. The molecule has 0 heterocycles. The molecule has 22 heavy (non-hydrogen) atoms. The summed E-state index contributed by atoms with van der Waals surface area (Å²) in [5.74, 6) is 0.531. The lowest BCUT2D eigenvalue weighted by Crippen LogP contribution is -2.29. The highest BCUT2D eigenvalue weighted by molar-refractivity contribution is 5.75. The van der Waals surface area contributed by atoms with Gasteiger partial charge in [0.2, 0.25) is 0 Å². The molecular formula is C18H32O4. The second-order valence-electron chi connectivity index (χ2n) is 6.50. The van der Waals surface area contributed by atoms with Crippen molar-refractivity contribution in [3.63, 3.8) is 0 Å². The van der Waals surface area contributed by atoms with Crippen LogP contribution in [0.5, 0.6) is 0 Å². The maximum atomic E-state index is 12.0. The first-order chi connectivity index (χ1) is 10.6. The third-order valence-electron chi connectivity index (χ3n) is 4.41. The highest BCUT2D eigenvalue weighted by atomic mass is 16.5. The van der Waals surface area contributed by atoms with E-state index >= 15 is 0 Å². The number of ketones is 1. The number of Topliss-reactive ketones (excluding diaryl/α,β-unsaturated/α-hetero) is 1. The Kier molecular flexibility index (Phi) is 10.1. The van der Waals surface area contributed by atoms with Gasteiger partial charge in [0.05, 0.1) is 6.61 Å². The van der Waals surface area contributed by atoms with E-state index in [9.17, 15) is 9.59 Å². The fraction of sp³-hybridized carbons (Fsp3) is 0.889. The van der Waals surface area contributed by atoms with Crippen LogP contribution in [0, 0.1) is 5.92 Å². The van der Waals surface area contributed by atoms with Gasteiger partial charge < -0.3 is 14.3 Å². The molecule has 1 rings (SSSR count). The maximum Gasteiger partial charge on any atom is 0.306 e. The first-order valence-electron chi connectivity index (χ1n) is 8.81. The zero-order chi connectivity index (χ0) is 16.2. The summed E-state index contributed by atoms with van der Waals surface area (Å²) < 4.78 is 11.0. The van der Waals surface area contributed by atoms with Crippen LogP contribution in [-0.2, 0) is 19.1 Å². The van der Waals surface area contributed by atoms with Gasteiger partial charge in [-0.05, 0) is 39.0 Å². The summed E-state index contributed by atoms with van der Waals surface area (Å²) in [4.78, 5) is 22.8. The lowest BCUT2D eigenvalue weighted by atomic mass is 9.98.